The third kappa shape index (κ3) is 2.95. The first-order chi connectivity index (χ1) is 7.16. The molecule has 15 heavy (non-hydrogen) atoms. The largest absolute Gasteiger partial charge is 0.339 e. The normalized spacial score (nSPS) is 12.0. The Hall–Kier alpha value is -0.550. The van der Waals surface area contributed by atoms with Crippen LogP contribution >= 0.6 is 11.8 Å². The molecule has 1 rings (SSSR count). The Kier molecular flexibility index (Phi) is 4.60. The maximum Gasteiger partial charge on any atom is 0.227 e. The molecule has 0 bridgehead atoms. The lowest BCUT2D eigenvalue weighted by atomic mass is 9.93. The van der Waals surface area contributed by atoms with Crippen molar-refractivity contribution in [2.75, 3.05) is 12.0 Å². The van der Waals surface area contributed by atoms with Crippen LogP contribution in [0, 0.1) is 0 Å². The number of nitrogens with two attached hydrogens (primary N) is 1. The maximum absolute atomic E-state index is 6.17. The fraction of sp³-hybridized carbons (Fsp3) is 0.800. The molecule has 0 aromatic carbocycles. The molecule has 0 aliphatic heterocycles. The average molecular weight is 229 g/mol. The Labute approximate surface area is 95.0 Å². The molecule has 0 radical (unpaired) electrons. The van der Waals surface area contributed by atoms with Crippen molar-refractivity contribution in [3.8, 4) is 0 Å². The molecule has 0 amide bonds. The maximum atomic E-state index is 6.17. The number of thioether (sulfide) groups is 1. The predicted molar refractivity (Wildman–Crippen MR) is 62.8 cm³/mol. The van der Waals surface area contributed by atoms with Crippen LogP contribution in [-0.2, 0) is 12.0 Å². The first-order valence-corrected chi connectivity index (χ1v) is 6.66. The van der Waals surface area contributed by atoms with Crippen LogP contribution in [0.5, 0.6) is 0 Å². The molecule has 0 saturated heterocycles. The summed E-state index contributed by atoms with van der Waals surface area (Å²) in [6, 6.07) is 0. The van der Waals surface area contributed by atoms with Gasteiger partial charge in [0.1, 0.15) is 0 Å². The van der Waals surface area contributed by atoms with Crippen LogP contribution in [0.4, 0.5) is 0 Å². The summed E-state index contributed by atoms with van der Waals surface area (Å²) in [5, 5.41) is 3.96. The van der Waals surface area contributed by atoms with Crippen molar-refractivity contribution in [2.45, 2.75) is 38.6 Å². The Balaban J connectivity index is 2.74. The summed E-state index contributed by atoms with van der Waals surface area (Å²) in [5.41, 5.74) is 5.74. The van der Waals surface area contributed by atoms with Crippen molar-refractivity contribution in [1.82, 2.24) is 10.1 Å². The molecule has 0 atom stereocenters. The first kappa shape index (κ1) is 12.5. The average Bonchev–Trinajstić information content (AvgIpc) is 2.74. The van der Waals surface area contributed by atoms with E-state index >= 15 is 0 Å². The summed E-state index contributed by atoms with van der Waals surface area (Å²) >= 11 is 1.77. The molecule has 4 nitrogen and oxygen atoms in total. The third-order valence-electron chi connectivity index (χ3n) is 2.70. The molecule has 1 aromatic rings. The number of rotatable bonds is 6. The van der Waals surface area contributed by atoms with Crippen LogP contribution in [0.1, 0.15) is 38.4 Å². The van der Waals surface area contributed by atoms with Gasteiger partial charge < -0.3 is 10.3 Å². The Morgan fingerprint density at radius 2 is 2.07 bits per heavy atom. The molecule has 2 N–H and O–H groups in total. The van der Waals surface area contributed by atoms with E-state index in [1.165, 1.54) is 0 Å². The standard InChI is InChI=1S/C10H19N3OS/c1-4-10(11,5-2)9-12-8(14-13-9)6-7-15-3/h4-7,11H2,1-3H3. The highest BCUT2D eigenvalue weighted by Gasteiger charge is 2.28. The molecular formula is C10H19N3OS. The van der Waals surface area contributed by atoms with E-state index in [1.807, 2.05) is 13.8 Å². The Morgan fingerprint density at radius 3 is 2.60 bits per heavy atom. The zero-order chi connectivity index (χ0) is 11.3. The predicted octanol–water partition coefficient (Wildman–Crippen LogP) is 1.95. The van der Waals surface area contributed by atoms with Gasteiger partial charge in [-0.05, 0) is 19.1 Å². The topological polar surface area (TPSA) is 64.9 Å². The van der Waals surface area contributed by atoms with Gasteiger partial charge in [0.25, 0.3) is 0 Å². The fourth-order valence-electron chi connectivity index (χ4n) is 1.31. The minimum atomic E-state index is -0.429. The van der Waals surface area contributed by atoms with Gasteiger partial charge in [-0.25, -0.2) is 0 Å². The molecular weight excluding hydrogens is 210 g/mol. The molecule has 0 saturated carbocycles. The highest BCUT2D eigenvalue weighted by atomic mass is 32.2. The van der Waals surface area contributed by atoms with E-state index in [9.17, 15) is 0 Å². The van der Waals surface area contributed by atoms with E-state index in [0.717, 1.165) is 25.0 Å². The molecule has 86 valence electrons. The zero-order valence-corrected chi connectivity index (χ0v) is 10.4. The number of aromatic nitrogens is 2. The number of aryl methyl sites for hydroxylation is 1. The van der Waals surface area contributed by atoms with Gasteiger partial charge in [-0.3, -0.25) is 0 Å². The van der Waals surface area contributed by atoms with Crippen LogP contribution < -0.4 is 5.73 Å². The summed E-state index contributed by atoms with van der Waals surface area (Å²) in [6.45, 7) is 4.09. The van der Waals surface area contributed by atoms with Crippen molar-refractivity contribution in [1.29, 1.82) is 0 Å². The minimum Gasteiger partial charge on any atom is -0.339 e. The van der Waals surface area contributed by atoms with Gasteiger partial charge in [-0.15, -0.1) is 0 Å². The quantitative estimate of drug-likeness (QED) is 0.807. The number of hydrogen-bond donors (Lipinski definition) is 1. The molecule has 0 aliphatic rings. The summed E-state index contributed by atoms with van der Waals surface area (Å²) in [6.07, 6.45) is 4.52. The molecule has 0 spiro atoms. The second-order valence-corrected chi connectivity index (χ2v) is 4.60. The highest BCUT2D eigenvalue weighted by Crippen LogP contribution is 2.22. The van der Waals surface area contributed by atoms with Gasteiger partial charge >= 0.3 is 0 Å². The van der Waals surface area contributed by atoms with Gasteiger partial charge in [0.15, 0.2) is 5.82 Å². The van der Waals surface area contributed by atoms with Gasteiger partial charge in [-0.2, -0.15) is 16.7 Å². The second kappa shape index (κ2) is 5.51. The zero-order valence-electron chi connectivity index (χ0n) is 9.62. The van der Waals surface area contributed by atoms with Crippen LogP contribution in [0.2, 0.25) is 0 Å². The minimum absolute atomic E-state index is 0.429. The summed E-state index contributed by atoms with van der Waals surface area (Å²) in [5.74, 6) is 2.33. The smallest absolute Gasteiger partial charge is 0.227 e. The van der Waals surface area contributed by atoms with E-state index in [4.69, 9.17) is 10.3 Å². The van der Waals surface area contributed by atoms with E-state index in [2.05, 4.69) is 16.4 Å². The third-order valence-corrected chi connectivity index (χ3v) is 3.31. The molecule has 1 aromatic heterocycles. The van der Waals surface area contributed by atoms with Crippen LogP contribution in [-0.4, -0.2) is 22.1 Å². The van der Waals surface area contributed by atoms with Gasteiger partial charge in [0.2, 0.25) is 5.89 Å². The van der Waals surface area contributed by atoms with Crippen molar-refractivity contribution < 1.29 is 4.52 Å². The molecule has 0 aliphatic carbocycles. The second-order valence-electron chi connectivity index (χ2n) is 3.62. The van der Waals surface area contributed by atoms with Gasteiger partial charge in [-0.1, -0.05) is 19.0 Å². The number of hydrogen-bond acceptors (Lipinski definition) is 5. The Bertz CT molecular complexity index is 297. The number of nitrogens with zero attached hydrogens (tertiary/aromatic N) is 2. The highest BCUT2D eigenvalue weighted by molar-refractivity contribution is 7.98. The lowest BCUT2D eigenvalue weighted by molar-refractivity contribution is 0.337. The van der Waals surface area contributed by atoms with E-state index in [0.29, 0.717) is 11.7 Å². The van der Waals surface area contributed by atoms with Gasteiger partial charge in [0, 0.05) is 12.2 Å². The molecule has 0 unspecified atom stereocenters. The fourth-order valence-corrected chi connectivity index (χ4v) is 1.69. The first-order valence-electron chi connectivity index (χ1n) is 5.27. The van der Waals surface area contributed by atoms with Crippen molar-refractivity contribution in [2.24, 2.45) is 5.73 Å². The Morgan fingerprint density at radius 1 is 1.40 bits per heavy atom. The molecule has 0 fully saturated rings. The SMILES string of the molecule is CCC(N)(CC)c1noc(CCSC)n1. The molecule has 5 heteroatoms. The van der Waals surface area contributed by atoms with E-state index in [-0.39, 0.29) is 0 Å². The monoisotopic (exact) mass is 229 g/mol. The van der Waals surface area contributed by atoms with Crippen LogP contribution in [0.25, 0.3) is 0 Å². The van der Waals surface area contributed by atoms with E-state index < -0.39 is 5.54 Å². The van der Waals surface area contributed by atoms with Crippen molar-refractivity contribution in [3.05, 3.63) is 11.7 Å². The van der Waals surface area contributed by atoms with Crippen LogP contribution in [0.15, 0.2) is 4.52 Å². The van der Waals surface area contributed by atoms with E-state index in [1.54, 1.807) is 11.8 Å². The summed E-state index contributed by atoms with van der Waals surface area (Å²) in [7, 11) is 0. The van der Waals surface area contributed by atoms with Gasteiger partial charge in [0.05, 0.1) is 5.54 Å². The lowest BCUT2D eigenvalue weighted by Gasteiger charge is -2.21. The lowest BCUT2D eigenvalue weighted by Crippen LogP contribution is -2.36. The molecule has 1 heterocycles. The van der Waals surface area contributed by atoms with Crippen molar-refractivity contribution in [3.63, 3.8) is 0 Å². The van der Waals surface area contributed by atoms with Crippen LogP contribution in [0.3, 0.4) is 0 Å². The summed E-state index contributed by atoms with van der Waals surface area (Å²) in [4.78, 5) is 4.35. The summed E-state index contributed by atoms with van der Waals surface area (Å²) < 4.78 is 5.16. The van der Waals surface area contributed by atoms with Crippen molar-refractivity contribution >= 4 is 11.8 Å².